The van der Waals surface area contributed by atoms with E-state index in [1.165, 1.54) is 88.0 Å². The predicted octanol–water partition coefficient (Wildman–Crippen LogP) is 3.85. The van der Waals surface area contributed by atoms with Crippen LogP contribution in [0.4, 0.5) is 0 Å². The van der Waals surface area contributed by atoms with Crippen LogP contribution in [0.1, 0.15) is 76.7 Å². The maximum Gasteiger partial charge on any atom is 1.00 e. The fourth-order valence-electron chi connectivity index (χ4n) is 3.37. The molecule has 0 saturated heterocycles. The average molecular weight is 457 g/mol. The first-order valence-corrected chi connectivity index (χ1v) is 12.2. The van der Waals surface area contributed by atoms with Crippen LogP contribution < -0.4 is 56.1 Å². The SMILES string of the molecule is CCCCCCCCCCCCc1ccc(Oc2cccc(S(=O)(=O)[O-])c2)cc1.[K+]. The van der Waals surface area contributed by atoms with Gasteiger partial charge in [-0.2, -0.15) is 0 Å². The van der Waals surface area contributed by atoms with Crippen molar-refractivity contribution in [2.45, 2.75) is 82.4 Å². The van der Waals surface area contributed by atoms with E-state index >= 15 is 0 Å². The van der Waals surface area contributed by atoms with E-state index in [0.29, 0.717) is 11.5 Å². The molecule has 0 aromatic heterocycles. The Morgan fingerprint density at radius 2 is 1.33 bits per heavy atom. The van der Waals surface area contributed by atoms with Crippen molar-refractivity contribution in [1.82, 2.24) is 0 Å². The first-order valence-electron chi connectivity index (χ1n) is 10.8. The third kappa shape index (κ3) is 11.4. The van der Waals surface area contributed by atoms with Gasteiger partial charge in [0.2, 0.25) is 0 Å². The first-order chi connectivity index (χ1) is 14.0. The third-order valence-electron chi connectivity index (χ3n) is 5.07. The van der Waals surface area contributed by atoms with Crippen molar-refractivity contribution in [2.75, 3.05) is 0 Å². The summed E-state index contributed by atoms with van der Waals surface area (Å²) < 4.78 is 39.0. The zero-order chi connectivity index (χ0) is 21.0. The second kappa shape index (κ2) is 15.6. The molecule has 0 N–H and O–H groups in total. The van der Waals surface area contributed by atoms with Crippen LogP contribution in [0.3, 0.4) is 0 Å². The summed E-state index contributed by atoms with van der Waals surface area (Å²) in [7, 11) is -4.48. The van der Waals surface area contributed by atoms with Gasteiger partial charge < -0.3 is 9.29 Å². The number of hydrogen-bond donors (Lipinski definition) is 0. The number of aryl methyl sites for hydroxylation is 1. The Bertz CT molecular complexity index is 819. The summed E-state index contributed by atoms with van der Waals surface area (Å²) in [5.41, 5.74) is 1.27. The minimum atomic E-state index is -4.48. The maximum absolute atomic E-state index is 11.1. The molecule has 30 heavy (non-hydrogen) atoms. The number of hydrogen-bond acceptors (Lipinski definition) is 4. The van der Waals surface area contributed by atoms with Gasteiger partial charge in [0, 0.05) is 0 Å². The predicted molar refractivity (Wildman–Crippen MR) is 116 cm³/mol. The molecule has 0 bridgehead atoms. The van der Waals surface area contributed by atoms with E-state index in [4.69, 9.17) is 4.74 Å². The number of benzene rings is 2. The molecule has 4 nitrogen and oxygen atoms in total. The summed E-state index contributed by atoms with van der Waals surface area (Å²) in [5.74, 6) is 0.960. The van der Waals surface area contributed by atoms with Crippen molar-refractivity contribution in [2.24, 2.45) is 0 Å². The van der Waals surface area contributed by atoms with Crippen LogP contribution in [-0.2, 0) is 16.5 Å². The number of unbranched alkanes of at least 4 members (excludes halogenated alkanes) is 9. The van der Waals surface area contributed by atoms with Crippen LogP contribution >= 0.6 is 0 Å². The molecule has 0 atom stereocenters. The van der Waals surface area contributed by atoms with E-state index in [2.05, 4.69) is 6.92 Å². The van der Waals surface area contributed by atoms with Crippen molar-refractivity contribution < 1.29 is 69.1 Å². The van der Waals surface area contributed by atoms with Crippen LogP contribution in [0.25, 0.3) is 0 Å². The smallest absolute Gasteiger partial charge is 0.744 e. The molecule has 2 rings (SSSR count). The minimum Gasteiger partial charge on any atom is -0.744 e. The van der Waals surface area contributed by atoms with E-state index < -0.39 is 10.1 Å². The Morgan fingerprint density at radius 1 is 0.767 bits per heavy atom. The second-order valence-corrected chi connectivity index (χ2v) is 8.99. The topological polar surface area (TPSA) is 66.4 Å². The van der Waals surface area contributed by atoms with Crippen LogP contribution in [0.5, 0.6) is 11.5 Å². The van der Waals surface area contributed by atoms with E-state index in [9.17, 15) is 13.0 Å². The molecule has 0 aliphatic heterocycles. The average Bonchev–Trinajstić information content (AvgIpc) is 2.70. The van der Waals surface area contributed by atoms with Crippen LogP contribution in [0, 0.1) is 0 Å². The third-order valence-corrected chi connectivity index (χ3v) is 5.90. The largest absolute Gasteiger partial charge is 1.00 e. The molecule has 0 fully saturated rings. The molecular formula is C24H33KO4S. The Hall–Kier alpha value is -0.214. The molecule has 0 spiro atoms. The summed E-state index contributed by atoms with van der Waals surface area (Å²) in [6.07, 6.45) is 14.4. The van der Waals surface area contributed by atoms with Crippen molar-refractivity contribution >= 4 is 10.1 Å². The molecule has 0 radical (unpaired) electrons. The van der Waals surface area contributed by atoms with E-state index in [-0.39, 0.29) is 56.3 Å². The van der Waals surface area contributed by atoms with Crippen molar-refractivity contribution in [3.8, 4) is 11.5 Å². The van der Waals surface area contributed by atoms with E-state index in [1.807, 2.05) is 24.3 Å². The molecule has 0 saturated carbocycles. The molecule has 0 aliphatic carbocycles. The molecule has 6 heteroatoms. The normalized spacial score (nSPS) is 11.1. The van der Waals surface area contributed by atoms with Crippen molar-refractivity contribution in [3.63, 3.8) is 0 Å². The van der Waals surface area contributed by atoms with Gasteiger partial charge >= 0.3 is 51.4 Å². The quantitative estimate of drug-likeness (QED) is 0.246. The van der Waals surface area contributed by atoms with Gasteiger partial charge in [0.05, 0.1) is 4.90 Å². The van der Waals surface area contributed by atoms with Crippen LogP contribution in [0.2, 0.25) is 0 Å². The zero-order valence-electron chi connectivity index (χ0n) is 18.4. The van der Waals surface area contributed by atoms with Crippen molar-refractivity contribution in [1.29, 1.82) is 0 Å². The molecule has 0 unspecified atom stereocenters. The fraction of sp³-hybridized carbons (Fsp3) is 0.500. The van der Waals surface area contributed by atoms with Crippen LogP contribution in [-0.4, -0.2) is 13.0 Å². The standard InChI is InChI=1S/C24H34O4S.K/c1-2-3-4-5-6-7-8-9-10-11-13-21-16-18-22(19-17-21)28-23-14-12-15-24(20-23)29(25,26)27;/h12,14-20H,2-11,13H2,1H3,(H,25,26,27);/q;+1/p-1. The van der Waals surface area contributed by atoms with Gasteiger partial charge in [-0.25, -0.2) is 8.42 Å². The molecule has 0 amide bonds. The van der Waals surface area contributed by atoms with Gasteiger partial charge in [0.25, 0.3) is 0 Å². The van der Waals surface area contributed by atoms with Gasteiger partial charge in [-0.1, -0.05) is 82.9 Å². The Balaban J connectivity index is 0.00000450. The second-order valence-electron chi connectivity index (χ2n) is 7.61. The van der Waals surface area contributed by atoms with Gasteiger partial charge in [-0.05, 0) is 48.7 Å². The summed E-state index contributed by atoms with van der Waals surface area (Å²) >= 11 is 0. The summed E-state index contributed by atoms with van der Waals surface area (Å²) in [6.45, 7) is 2.25. The molecule has 160 valence electrons. The molecule has 2 aromatic rings. The van der Waals surface area contributed by atoms with E-state index in [1.54, 1.807) is 6.07 Å². The summed E-state index contributed by atoms with van der Waals surface area (Å²) in [6, 6.07) is 13.5. The van der Waals surface area contributed by atoms with Crippen LogP contribution in [0.15, 0.2) is 53.4 Å². The minimum absolute atomic E-state index is 0. The van der Waals surface area contributed by atoms with Crippen molar-refractivity contribution in [3.05, 3.63) is 54.1 Å². The van der Waals surface area contributed by atoms with Gasteiger partial charge in [-0.3, -0.25) is 0 Å². The summed E-state index contributed by atoms with van der Waals surface area (Å²) in [4.78, 5) is -0.285. The molecule has 2 aromatic carbocycles. The molecule has 0 heterocycles. The Kier molecular flexibility index (Phi) is 14.4. The van der Waals surface area contributed by atoms with Gasteiger partial charge in [-0.15, -0.1) is 0 Å². The zero-order valence-corrected chi connectivity index (χ0v) is 22.4. The molecule has 0 aliphatic rings. The maximum atomic E-state index is 11.1. The Labute approximate surface area is 225 Å². The van der Waals surface area contributed by atoms with E-state index in [0.717, 1.165) is 6.42 Å². The number of ether oxygens (including phenoxy) is 1. The monoisotopic (exact) mass is 456 g/mol. The summed E-state index contributed by atoms with van der Waals surface area (Å²) in [5, 5.41) is 0. The van der Waals surface area contributed by atoms with Gasteiger partial charge in [0.15, 0.2) is 0 Å². The first kappa shape index (κ1) is 27.8. The fourth-order valence-corrected chi connectivity index (χ4v) is 3.88. The number of rotatable bonds is 14. The molecular weight excluding hydrogens is 423 g/mol. The van der Waals surface area contributed by atoms with Gasteiger partial charge in [0.1, 0.15) is 21.6 Å². The Morgan fingerprint density at radius 3 is 1.90 bits per heavy atom.